The van der Waals surface area contributed by atoms with Crippen LogP contribution in [0.3, 0.4) is 0 Å². The molecular weight excluding hydrogens is 378 g/mol. The summed E-state index contributed by atoms with van der Waals surface area (Å²) in [4.78, 5) is 4.94. The number of aryl methyl sites for hydroxylation is 2. The number of nitrogens with zero attached hydrogens (tertiary/aromatic N) is 3. The van der Waals surface area contributed by atoms with Crippen LogP contribution in [0.5, 0.6) is 0 Å². The van der Waals surface area contributed by atoms with E-state index in [1.165, 1.54) is 49.6 Å². The van der Waals surface area contributed by atoms with Crippen LogP contribution >= 0.6 is 0 Å². The second-order valence-electron chi connectivity index (χ2n) is 9.26. The average molecular weight is 409 g/mol. The van der Waals surface area contributed by atoms with Gasteiger partial charge in [0.15, 0.2) is 13.2 Å². The zero-order valence-corrected chi connectivity index (χ0v) is 19.3. The lowest BCUT2D eigenvalue weighted by molar-refractivity contribution is -0.735. The van der Waals surface area contributed by atoms with Crippen LogP contribution in [-0.4, -0.2) is 9.50 Å². The van der Waals surface area contributed by atoms with E-state index in [0.717, 1.165) is 5.52 Å². The van der Waals surface area contributed by atoms with Gasteiger partial charge < -0.3 is 0 Å². The molecule has 156 valence electrons. The summed E-state index contributed by atoms with van der Waals surface area (Å²) >= 11 is 0. The molecule has 31 heavy (non-hydrogen) atoms. The summed E-state index contributed by atoms with van der Waals surface area (Å²) < 4.78 is 4.45. The summed E-state index contributed by atoms with van der Waals surface area (Å²) in [6, 6.07) is 17.9. The number of aromatic nitrogens is 3. The number of fused-ring (bicyclic) bond motifs is 6. The molecular formula is C28H30N3+. The monoisotopic (exact) mass is 408 g/mol. The van der Waals surface area contributed by atoms with Gasteiger partial charge in [-0.15, -0.1) is 9.20 Å². The molecule has 0 amide bonds. The first-order valence-corrected chi connectivity index (χ1v) is 11.2. The molecule has 0 aliphatic heterocycles. The van der Waals surface area contributed by atoms with Gasteiger partial charge in [-0.2, -0.15) is 0 Å². The fraction of sp³-hybridized carbons (Fsp3) is 0.286. The smallest absolute Gasteiger partial charge is 0.196 e. The summed E-state index contributed by atoms with van der Waals surface area (Å²) in [5, 5.41) is 2.50. The number of pyridine rings is 2. The Bertz CT molecular complexity index is 1430. The fourth-order valence-electron chi connectivity index (χ4n) is 5.06. The second-order valence-corrected chi connectivity index (χ2v) is 9.26. The lowest BCUT2D eigenvalue weighted by atomic mass is 9.83. The zero-order valence-electron chi connectivity index (χ0n) is 19.3. The maximum Gasteiger partial charge on any atom is 0.196 e. The molecule has 3 heterocycles. The molecule has 0 bridgehead atoms. The molecule has 0 spiro atoms. The van der Waals surface area contributed by atoms with E-state index in [4.69, 9.17) is 4.98 Å². The Morgan fingerprint density at radius 3 is 2.23 bits per heavy atom. The molecule has 0 fully saturated rings. The quantitative estimate of drug-likeness (QED) is 0.241. The molecule has 3 nitrogen and oxygen atoms in total. The topological polar surface area (TPSA) is 21.2 Å². The first kappa shape index (κ1) is 19.7. The Balaban J connectivity index is 2.07. The Labute approximate surface area is 184 Å². The lowest BCUT2D eigenvalue weighted by Gasteiger charge is -2.22. The molecule has 0 N–H and O–H groups in total. The van der Waals surface area contributed by atoms with Crippen molar-refractivity contribution < 1.29 is 4.68 Å². The van der Waals surface area contributed by atoms with Crippen molar-refractivity contribution in [3.63, 3.8) is 0 Å². The van der Waals surface area contributed by atoms with Crippen LogP contribution in [0.4, 0.5) is 0 Å². The van der Waals surface area contributed by atoms with Crippen LogP contribution in [0, 0.1) is 6.92 Å². The van der Waals surface area contributed by atoms with Crippen molar-refractivity contribution >= 4 is 27.3 Å². The van der Waals surface area contributed by atoms with Gasteiger partial charge in [0.05, 0.1) is 0 Å². The molecule has 3 heteroatoms. The van der Waals surface area contributed by atoms with Crippen molar-refractivity contribution in [3.05, 3.63) is 77.6 Å². The van der Waals surface area contributed by atoms with E-state index in [9.17, 15) is 0 Å². The Kier molecular flexibility index (Phi) is 4.58. The molecule has 0 aliphatic carbocycles. The van der Waals surface area contributed by atoms with Gasteiger partial charge in [0.25, 0.3) is 0 Å². The number of benzene rings is 2. The minimum atomic E-state index is 0.444. The van der Waals surface area contributed by atoms with Gasteiger partial charge in [0.1, 0.15) is 16.6 Å². The van der Waals surface area contributed by atoms with Crippen molar-refractivity contribution in [1.82, 2.24) is 9.50 Å². The second kappa shape index (κ2) is 7.19. The molecule has 5 aromatic rings. The van der Waals surface area contributed by atoms with Crippen LogP contribution < -0.4 is 4.68 Å². The van der Waals surface area contributed by atoms with Gasteiger partial charge in [0, 0.05) is 23.0 Å². The number of hydrogen-bond donors (Lipinski definition) is 0. The predicted octanol–water partition coefficient (Wildman–Crippen LogP) is 6.69. The first-order chi connectivity index (χ1) is 14.9. The highest BCUT2D eigenvalue weighted by molar-refractivity contribution is 6.17. The van der Waals surface area contributed by atoms with Gasteiger partial charge in [0.2, 0.25) is 0 Å². The fourth-order valence-corrected chi connectivity index (χ4v) is 5.06. The predicted molar refractivity (Wildman–Crippen MR) is 130 cm³/mol. The van der Waals surface area contributed by atoms with Crippen LogP contribution in [0.15, 0.2) is 60.9 Å². The van der Waals surface area contributed by atoms with Gasteiger partial charge in [-0.1, -0.05) is 64.1 Å². The zero-order chi connectivity index (χ0) is 21.9. The Morgan fingerprint density at radius 1 is 0.871 bits per heavy atom. The summed E-state index contributed by atoms with van der Waals surface area (Å²) in [6.45, 7) is 11.3. The van der Waals surface area contributed by atoms with Gasteiger partial charge in [-0.25, -0.2) is 0 Å². The van der Waals surface area contributed by atoms with Crippen LogP contribution in [0.2, 0.25) is 0 Å². The van der Waals surface area contributed by atoms with Gasteiger partial charge >= 0.3 is 0 Å². The van der Waals surface area contributed by atoms with Crippen molar-refractivity contribution in [2.75, 3.05) is 0 Å². The Morgan fingerprint density at radius 2 is 1.55 bits per heavy atom. The maximum atomic E-state index is 4.94. The van der Waals surface area contributed by atoms with Crippen molar-refractivity contribution in [2.45, 2.75) is 46.5 Å². The first-order valence-electron chi connectivity index (χ1n) is 11.2. The molecule has 0 saturated heterocycles. The lowest BCUT2D eigenvalue weighted by Crippen LogP contribution is -2.34. The van der Waals surface area contributed by atoms with Crippen LogP contribution in [0.1, 0.15) is 56.2 Å². The van der Waals surface area contributed by atoms with E-state index in [1.807, 2.05) is 6.20 Å². The van der Waals surface area contributed by atoms with E-state index in [1.54, 1.807) is 0 Å². The third-order valence-electron chi connectivity index (χ3n) is 6.55. The third-order valence-corrected chi connectivity index (χ3v) is 6.55. The summed E-state index contributed by atoms with van der Waals surface area (Å²) in [6.07, 6.45) is 4.08. The van der Waals surface area contributed by atoms with Gasteiger partial charge in [-0.3, -0.25) is 4.98 Å². The van der Waals surface area contributed by atoms with E-state index in [0.29, 0.717) is 11.8 Å². The number of hydrogen-bond acceptors (Lipinski definition) is 1. The highest BCUT2D eigenvalue weighted by atomic mass is 15.3. The molecule has 0 radical (unpaired) electrons. The highest BCUT2D eigenvalue weighted by Gasteiger charge is 2.22. The molecule has 3 aromatic heterocycles. The van der Waals surface area contributed by atoms with E-state index in [2.05, 4.69) is 106 Å². The Hall–Kier alpha value is -3.20. The van der Waals surface area contributed by atoms with E-state index in [-0.39, 0.29) is 0 Å². The molecule has 5 rings (SSSR count). The standard InChI is InChI=1S/C28H30N3/c1-17(2)20-9-7-10-21(18(3)4)25(20)23-12-8-11-22-24-14-16-30(6)31(24)28-19(5)13-15-29-27(28)26(22)23/h7-18H,1-6H3/q+1. The molecule has 0 saturated carbocycles. The SMILES string of the molecule is Cc1ccnc2c3c(-c4c(C(C)C)cccc4C(C)C)cccc3c3cc[n+](C)n3c12. The normalized spacial score (nSPS) is 12.1. The van der Waals surface area contributed by atoms with Crippen molar-refractivity contribution in [1.29, 1.82) is 0 Å². The van der Waals surface area contributed by atoms with Gasteiger partial charge in [-0.05, 0) is 52.6 Å². The maximum absolute atomic E-state index is 4.94. The molecule has 0 unspecified atom stereocenters. The van der Waals surface area contributed by atoms with Crippen LogP contribution in [-0.2, 0) is 7.05 Å². The third kappa shape index (κ3) is 2.87. The van der Waals surface area contributed by atoms with Crippen LogP contribution in [0.25, 0.3) is 38.4 Å². The van der Waals surface area contributed by atoms with Crippen molar-refractivity contribution in [2.24, 2.45) is 7.05 Å². The molecule has 2 aromatic carbocycles. The van der Waals surface area contributed by atoms with E-state index >= 15 is 0 Å². The summed E-state index contributed by atoms with van der Waals surface area (Å²) in [5.41, 5.74) is 10.2. The van der Waals surface area contributed by atoms with E-state index < -0.39 is 0 Å². The largest absolute Gasteiger partial charge is 0.254 e. The summed E-state index contributed by atoms with van der Waals surface area (Å²) in [5.74, 6) is 0.888. The molecule has 0 aliphatic rings. The highest BCUT2D eigenvalue weighted by Crippen LogP contribution is 2.42. The minimum Gasteiger partial charge on any atom is -0.254 e. The minimum absolute atomic E-state index is 0.444. The van der Waals surface area contributed by atoms with Crippen molar-refractivity contribution in [3.8, 4) is 11.1 Å². The number of rotatable bonds is 3. The summed E-state index contributed by atoms with van der Waals surface area (Å²) in [7, 11) is 2.10. The average Bonchev–Trinajstić information content (AvgIpc) is 3.14. The molecule has 0 atom stereocenters.